The van der Waals surface area contributed by atoms with E-state index >= 15 is 0 Å². The molecule has 0 aliphatic rings. The molecule has 0 spiro atoms. The van der Waals surface area contributed by atoms with Crippen LogP contribution in [0.15, 0.2) is 65.5 Å². The summed E-state index contributed by atoms with van der Waals surface area (Å²) in [5.41, 5.74) is -2.52. The van der Waals surface area contributed by atoms with Gasteiger partial charge in [0.2, 0.25) is 5.75 Å². The predicted octanol–water partition coefficient (Wildman–Crippen LogP) is 4.22. The second-order valence-electron chi connectivity index (χ2n) is 8.45. The number of halogens is 4. The number of nitrogens with zero attached hydrogens (tertiary/aromatic N) is 2. The molecule has 0 radical (unpaired) electrons. The van der Waals surface area contributed by atoms with Gasteiger partial charge in [0.25, 0.3) is 11.5 Å². The molecule has 1 amide bonds. The molecule has 0 unspecified atom stereocenters. The highest BCUT2D eigenvalue weighted by Crippen LogP contribution is 2.40. The Kier molecular flexibility index (Phi) is 8.68. The molecule has 4 aromatic rings. The fourth-order valence-electron chi connectivity index (χ4n) is 4.04. The lowest BCUT2D eigenvalue weighted by molar-refractivity contribution is -0.137. The van der Waals surface area contributed by atoms with E-state index in [1.165, 1.54) is 51.7 Å². The highest BCUT2D eigenvalue weighted by molar-refractivity contribution is 7.07. The first-order valence-electron chi connectivity index (χ1n) is 11.9. The topological polar surface area (TPSA) is 103 Å². The number of benzene rings is 3. The van der Waals surface area contributed by atoms with Crippen molar-refractivity contribution in [2.75, 3.05) is 26.6 Å². The number of methoxy groups -OCH3 is 3. The summed E-state index contributed by atoms with van der Waals surface area (Å²) in [6, 6.07) is 13.9. The quantitative estimate of drug-likeness (QED) is 0.319. The molecule has 0 saturated carbocycles. The van der Waals surface area contributed by atoms with E-state index in [0.29, 0.717) is 28.7 Å². The largest absolute Gasteiger partial charge is 0.493 e. The molecule has 0 aliphatic carbocycles. The molecule has 0 fully saturated rings. The number of rotatable bonds is 7. The zero-order valence-electron chi connectivity index (χ0n) is 22.2. The fourth-order valence-corrected chi connectivity index (χ4v) is 5.13. The van der Waals surface area contributed by atoms with Crippen LogP contribution in [0.1, 0.15) is 11.1 Å². The molecule has 8 nitrogen and oxygen atoms in total. The molecule has 1 N–H and O–H groups in total. The Morgan fingerprint density at radius 2 is 1.71 bits per heavy atom. The number of thiazole rings is 1. The summed E-state index contributed by atoms with van der Waals surface area (Å²) in [5, 5.41) is 12.2. The van der Waals surface area contributed by atoms with Crippen LogP contribution in [0.5, 0.6) is 17.2 Å². The summed E-state index contributed by atoms with van der Waals surface area (Å²) in [7, 11) is 4.21. The SMILES string of the molecule is COc1ccc(C=c2sc(=C(C#N)C(=O)Nc3cccc(C(F)(F)F)c3)n(-c3ccccc3F)c2=O)c(OC)c1OC. The number of aromatic nitrogens is 1. The van der Waals surface area contributed by atoms with Crippen molar-refractivity contribution in [3.8, 4) is 29.0 Å². The number of amides is 1. The summed E-state index contributed by atoms with van der Waals surface area (Å²) in [5.74, 6) is -1.10. The predicted molar refractivity (Wildman–Crippen MR) is 148 cm³/mol. The van der Waals surface area contributed by atoms with Crippen LogP contribution >= 0.6 is 11.3 Å². The van der Waals surface area contributed by atoms with Gasteiger partial charge in [0.05, 0.1) is 37.1 Å². The van der Waals surface area contributed by atoms with Crippen molar-refractivity contribution in [3.63, 3.8) is 0 Å². The van der Waals surface area contributed by atoms with E-state index < -0.39 is 34.6 Å². The zero-order valence-corrected chi connectivity index (χ0v) is 23.0. The van der Waals surface area contributed by atoms with Crippen molar-refractivity contribution in [2.45, 2.75) is 6.18 Å². The minimum absolute atomic E-state index is 0.0154. The third-order valence-electron chi connectivity index (χ3n) is 5.94. The molecule has 42 heavy (non-hydrogen) atoms. The Balaban J connectivity index is 1.99. The Bertz CT molecular complexity index is 1890. The maximum atomic E-state index is 14.9. The van der Waals surface area contributed by atoms with E-state index in [4.69, 9.17) is 14.2 Å². The first kappa shape index (κ1) is 29.9. The highest BCUT2D eigenvalue weighted by atomic mass is 32.1. The Morgan fingerprint density at radius 3 is 2.33 bits per heavy atom. The zero-order chi connectivity index (χ0) is 30.6. The molecule has 0 saturated heterocycles. The average Bonchev–Trinajstić information content (AvgIpc) is 3.27. The Labute approximate surface area is 239 Å². The summed E-state index contributed by atoms with van der Waals surface area (Å²) in [6.07, 6.45) is -3.26. The van der Waals surface area contributed by atoms with Crippen molar-refractivity contribution < 1.29 is 36.6 Å². The van der Waals surface area contributed by atoms with Gasteiger partial charge in [-0.15, -0.1) is 11.3 Å². The third kappa shape index (κ3) is 5.84. The van der Waals surface area contributed by atoms with Gasteiger partial charge < -0.3 is 19.5 Å². The second-order valence-corrected chi connectivity index (χ2v) is 9.48. The number of carbonyl (C=O) groups is 1. The molecule has 3 aromatic carbocycles. The van der Waals surface area contributed by atoms with Crippen LogP contribution in [-0.4, -0.2) is 31.8 Å². The Morgan fingerprint density at radius 1 is 1.00 bits per heavy atom. The molecule has 0 bridgehead atoms. The number of hydrogen-bond acceptors (Lipinski definition) is 7. The number of anilines is 1. The average molecular weight is 600 g/mol. The maximum Gasteiger partial charge on any atom is 0.416 e. The van der Waals surface area contributed by atoms with Crippen LogP contribution in [-0.2, 0) is 11.0 Å². The number of hydrogen-bond donors (Lipinski definition) is 1. The van der Waals surface area contributed by atoms with Crippen molar-refractivity contribution in [2.24, 2.45) is 0 Å². The molecule has 0 atom stereocenters. The monoisotopic (exact) mass is 599 g/mol. The lowest BCUT2D eigenvalue weighted by Crippen LogP contribution is -2.33. The van der Waals surface area contributed by atoms with Gasteiger partial charge in [-0.2, -0.15) is 18.4 Å². The van der Waals surface area contributed by atoms with Gasteiger partial charge in [-0.05, 0) is 48.5 Å². The van der Waals surface area contributed by atoms with E-state index in [1.807, 2.05) is 0 Å². The lowest BCUT2D eigenvalue weighted by atomic mass is 10.1. The normalized spacial score (nSPS) is 12.4. The molecule has 0 aliphatic heterocycles. The smallest absolute Gasteiger partial charge is 0.416 e. The van der Waals surface area contributed by atoms with Gasteiger partial charge in [0, 0.05) is 11.3 Å². The van der Waals surface area contributed by atoms with Crippen LogP contribution < -0.4 is 34.3 Å². The molecule has 1 heterocycles. The van der Waals surface area contributed by atoms with E-state index in [1.54, 1.807) is 18.2 Å². The molecule has 13 heteroatoms. The first-order valence-corrected chi connectivity index (χ1v) is 12.8. The third-order valence-corrected chi connectivity index (χ3v) is 7.03. The van der Waals surface area contributed by atoms with Gasteiger partial charge in [0.15, 0.2) is 17.1 Å². The number of carbonyl (C=O) groups excluding carboxylic acids is 1. The van der Waals surface area contributed by atoms with Crippen molar-refractivity contribution in [1.82, 2.24) is 4.57 Å². The summed E-state index contributed by atoms with van der Waals surface area (Å²) < 4.78 is 71.2. The van der Waals surface area contributed by atoms with Crippen LogP contribution in [0.4, 0.5) is 23.2 Å². The maximum absolute atomic E-state index is 14.9. The van der Waals surface area contributed by atoms with E-state index in [0.717, 1.165) is 22.8 Å². The summed E-state index contributed by atoms with van der Waals surface area (Å²) in [4.78, 5) is 26.9. The van der Waals surface area contributed by atoms with E-state index in [2.05, 4.69) is 5.32 Å². The molecule has 216 valence electrons. The standard InChI is InChI=1S/C29H21F4N3O5S/c1-39-22-12-11-16(24(40-2)25(22)41-3)13-23-27(38)36(21-10-5-4-9-20(21)30)28(42-23)19(15-34)26(37)35-18-8-6-7-17(14-18)29(31,32)33/h4-14H,1-3H3,(H,35,37). The minimum Gasteiger partial charge on any atom is -0.493 e. The van der Waals surface area contributed by atoms with Gasteiger partial charge in [-0.25, -0.2) is 4.39 Å². The molecular weight excluding hydrogens is 578 g/mol. The van der Waals surface area contributed by atoms with Crippen molar-refractivity contribution >= 4 is 34.6 Å². The fraction of sp³-hybridized carbons (Fsp3) is 0.138. The number of para-hydroxylation sites is 1. The van der Waals surface area contributed by atoms with Gasteiger partial charge in [-0.1, -0.05) is 18.2 Å². The summed E-state index contributed by atoms with van der Waals surface area (Å²) in [6.45, 7) is 0. The van der Waals surface area contributed by atoms with E-state index in [-0.39, 0.29) is 32.1 Å². The van der Waals surface area contributed by atoms with Crippen LogP contribution in [0.3, 0.4) is 0 Å². The van der Waals surface area contributed by atoms with Gasteiger partial charge in [-0.3, -0.25) is 14.2 Å². The summed E-state index contributed by atoms with van der Waals surface area (Å²) >= 11 is 0.706. The number of ether oxygens (including phenoxy) is 3. The number of nitriles is 1. The van der Waals surface area contributed by atoms with Crippen molar-refractivity contribution in [1.29, 1.82) is 5.26 Å². The van der Waals surface area contributed by atoms with E-state index in [9.17, 15) is 32.4 Å². The first-order chi connectivity index (χ1) is 20.0. The van der Waals surface area contributed by atoms with Crippen LogP contribution in [0.2, 0.25) is 0 Å². The minimum atomic E-state index is -4.67. The molecular formula is C29H21F4N3O5S. The lowest BCUT2D eigenvalue weighted by Gasteiger charge is -2.13. The molecule has 4 rings (SSSR count). The van der Waals surface area contributed by atoms with Crippen molar-refractivity contribution in [3.05, 3.63) is 97.2 Å². The van der Waals surface area contributed by atoms with Gasteiger partial charge >= 0.3 is 6.18 Å². The highest BCUT2D eigenvalue weighted by Gasteiger charge is 2.30. The Hall–Kier alpha value is -5.09. The molecule has 1 aromatic heterocycles. The van der Waals surface area contributed by atoms with Gasteiger partial charge in [0.1, 0.15) is 16.5 Å². The van der Waals surface area contributed by atoms with Crippen LogP contribution in [0, 0.1) is 17.1 Å². The second kappa shape index (κ2) is 12.2. The number of alkyl halides is 3. The van der Waals surface area contributed by atoms with Crippen LogP contribution in [0.25, 0.3) is 17.3 Å². The number of nitrogens with one attached hydrogen (secondary N) is 1.